The van der Waals surface area contributed by atoms with E-state index in [-0.39, 0.29) is 35.4 Å². The number of hydrogen-bond acceptors (Lipinski definition) is 3. The minimum Gasteiger partial charge on any atom is -0.352 e. The van der Waals surface area contributed by atoms with E-state index in [2.05, 4.69) is 10.3 Å². The highest BCUT2D eigenvalue weighted by Crippen LogP contribution is 2.34. The van der Waals surface area contributed by atoms with Crippen molar-refractivity contribution in [2.24, 2.45) is 11.8 Å². The van der Waals surface area contributed by atoms with Gasteiger partial charge in [-0.2, -0.15) is 0 Å². The van der Waals surface area contributed by atoms with Crippen LogP contribution in [0.4, 0.5) is 4.39 Å². The number of likely N-dealkylation sites (tertiary alicyclic amines) is 1. The fourth-order valence-corrected chi connectivity index (χ4v) is 4.90. The molecule has 1 N–H and O–H groups in total. The molecule has 2 fully saturated rings. The van der Waals surface area contributed by atoms with Crippen molar-refractivity contribution in [3.05, 3.63) is 65.2 Å². The smallest absolute Gasteiger partial charge is 0.225 e. The van der Waals surface area contributed by atoms with Gasteiger partial charge in [-0.3, -0.25) is 14.6 Å². The van der Waals surface area contributed by atoms with Gasteiger partial charge in [0.15, 0.2) is 0 Å². The number of piperidine rings is 1. The minimum absolute atomic E-state index is 0.0209. The summed E-state index contributed by atoms with van der Waals surface area (Å²) in [6, 6.07) is 8.90. The van der Waals surface area contributed by atoms with Gasteiger partial charge >= 0.3 is 0 Å². The number of aryl methyl sites for hydroxylation is 1. The van der Waals surface area contributed by atoms with Gasteiger partial charge in [0.1, 0.15) is 5.82 Å². The van der Waals surface area contributed by atoms with Gasteiger partial charge in [-0.1, -0.05) is 31.0 Å². The third-order valence-corrected chi connectivity index (χ3v) is 6.68. The molecule has 5 nitrogen and oxygen atoms in total. The molecule has 4 rings (SSSR count). The molecule has 1 aliphatic heterocycles. The van der Waals surface area contributed by atoms with Crippen LogP contribution in [0.5, 0.6) is 0 Å². The molecule has 1 aromatic heterocycles. The fourth-order valence-electron chi connectivity index (χ4n) is 4.90. The number of benzene rings is 1. The number of aromatic nitrogens is 1. The van der Waals surface area contributed by atoms with E-state index >= 15 is 0 Å². The molecular formula is C25H30FN3O2. The lowest BCUT2D eigenvalue weighted by atomic mass is 9.83. The number of carbonyl (C=O) groups excluding carboxylic acids is 2. The average Bonchev–Trinajstić information content (AvgIpc) is 3.34. The first-order valence-corrected chi connectivity index (χ1v) is 11.2. The number of carbonyl (C=O) groups is 2. The van der Waals surface area contributed by atoms with E-state index in [0.29, 0.717) is 31.6 Å². The molecule has 0 bridgehead atoms. The Bertz CT molecular complexity index is 928. The van der Waals surface area contributed by atoms with Gasteiger partial charge in [0.2, 0.25) is 11.8 Å². The fraction of sp³-hybridized carbons (Fsp3) is 0.480. The zero-order valence-corrected chi connectivity index (χ0v) is 18.0. The molecule has 2 aromatic rings. The monoisotopic (exact) mass is 423 g/mol. The van der Waals surface area contributed by atoms with Gasteiger partial charge in [0, 0.05) is 43.9 Å². The van der Waals surface area contributed by atoms with Crippen LogP contribution >= 0.6 is 0 Å². The summed E-state index contributed by atoms with van der Waals surface area (Å²) < 4.78 is 13.8. The molecule has 6 heteroatoms. The maximum absolute atomic E-state index is 13.8. The molecule has 1 saturated carbocycles. The number of hydrogen-bond donors (Lipinski definition) is 1. The molecule has 31 heavy (non-hydrogen) atoms. The summed E-state index contributed by atoms with van der Waals surface area (Å²) >= 11 is 0. The Hall–Kier alpha value is -2.76. The molecule has 1 aromatic carbocycles. The zero-order chi connectivity index (χ0) is 21.8. The SMILES string of the molecule is Cc1cc([C@H]2C[C@H](C(=O)NCc3cccnc3)CN(C(=O)C3CCCC3)C2)ccc1F. The lowest BCUT2D eigenvalue weighted by Gasteiger charge is -2.38. The Balaban J connectivity index is 1.51. The minimum atomic E-state index is -0.286. The summed E-state index contributed by atoms with van der Waals surface area (Å²) in [5, 5.41) is 3.01. The first-order chi connectivity index (χ1) is 15.0. The Morgan fingerprint density at radius 3 is 2.68 bits per heavy atom. The van der Waals surface area contributed by atoms with E-state index in [1.807, 2.05) is 23.1 Å². The van der Waals surface area contributed by atoms with Crippen molar-refractivity contribution in [2.45, 2.75) is 51.5 Å². The molecule has 2 atom stereocenters. The van der Waals surface area contributed by atoms with E-state index < -0.39 is 0 Å². The Morgan fingerprint density at radius 1 is 1.16 bits per heavy atom. The highest BCUT2D eigenvalue weighted by molar-refractivity contribution is 5.82. The van der Waals surface area contributed by atoms with Crippen molar-refractivity contribution in [1.29, 1.82) is 0 Å². The standard InChI is InChI=1S/C25H30FN3O2/c1-17-11-20(8-9-23(17)26)21-12-22(24(30)28-14-18-5-4-10-27-13-18)16-29(15-21)25(31)19-6-2-3-7-19/h4-5,8-11,13,19,21-22H,2-3,6-7,12,14-16H2,1H3,(H,28,30)/t21-,22-/m0/s1. The molecular weight excluding hydrogens is 393 g/mol. The maximum atomic E-state index is 13.8. The van der Waals surface area contributed by atoms with Crippen molar-refractivity contribution < 1.29 is 14.0 Å². The van der Waals surface area contributed by atoms with Crippen LogP contribution in [-0.4, -0.2) is 34.8 Å². The Morgan fingerprint density at radius 2 is 1.97 bits per heavy atom. The maximum Gasteiger partial charge on any atom is 0.225 e. The largest absolute Gasteiger partial charge is 0.352 e. The Labute approximate surface area is 183 Å². The number of nitrogens with zero attached hydrogens (tertiary/aromatic N) is 2. The van der Waals surface area contributed by atoms with Gasteiger partial charge in [0.05, 0.1) is 5.92 Å². The summed E-state index contributed by atoms with van der Waals surface area (Å²) in [7, 11) is 0. The van der Waals surface area contributed by atoms with E-state index in [1.54, 1.807) is 25.4 Å². The van der Waals surface area contributed by atoms with E-state index in [0.717, 1.165) is 36.8 Å². The topological polar surface area (TPSA) is 62.3 Å². The lowest BCUT2D eigenvalue weighted by molar-refractivity contribution is -0.139. The highest BCUT2D eigenvalue weighted by Gasteiger charge is 2.37. The summed E-state index contributed by atoms with van der Waals surface area (Å²) in [6.07, 6.45) is 8.16. The van der Waals surface area contributed by atoms with Gasteiger partial charge < -0.3 is 10.2 Å². The van der Waals surface area contributed by atoms with Crippen LogP contribution in [0.25, 0.3) is 0 Å². The first kappa shape index (κ1) is 21.5. The van der Waals surface area contributed by atoms with Crippen molar-refractivity contribution in [3.8, 4) is 0 Å². The van der Waals surface area contributed by atoms with E-state index in [9.17, 15) is 14.0 Å². The molecule has 0 spiro atoms. The van der Waals surface area contributed by atoms with Gasteiger partial charge in [0.25, 0.3) is 0 Å². The second-order valence-corrected chi connectivity index (χ2v) is 8.94. The van der Waals surface area contributed by atoms with Crippen molar-refractivity contribution in [2.75, 3.05) is 13.1 Å². The van der Waals surface area contributed by atoms with E-state index in [1.165, 1.54) is 6.07 Å². The second-order valence-electron chi connectivity index (χ2n) is 8.94. The summed E-state index contributed by atoms with van der Waals surface area (Å²) in [5.74, 6) is -0.293. The molecule has 1 aliphatic carbocycles. The summed E-state index contributed by atoms with van der Waals surface area (Å²) in [5.41, 5.74) is 2.53. The lowest BCUT2D eigenvalue weighted by Crippen LogP contribution is -2.49. The molecule has 0 radical (unpaired) electrons. The molecule has 2 amide bonds. The summed E-state index contributed by atoms with van der Waals surface area (Å²) in [4.78, 5) is 32.2. The quantitative estimate of drug-likeness (QED) is 0.792. The van der Waals surface area contributed by atoms with Gasteiger partial charge in [-0.05, 0) is 55.0 Å². The predicted octanol–water partition coefficient (Wildman–Crippen LogP) is 3.97. The Kier molecular flexibility index (Phi) is 6.64. The van der Waals surface area contributed by atoms with Crippen LogP contribution in [0.2, 0.25) is 0 Å². The number of halogens is 1. The van der Waals surface area contributed by atoms with Crippen LogP contribution < -0.4 is 5.32 Å². The predicted molar refractivity (Wildman–Crippen MR) is 117 cm³/mol. The van der Waals surface area contributed by atoms with Crippen LogP contribution in [-0.2, 0) is 16.1 Å². The van der Waals surface area contributed by atoms with Crippen LogP contribution in [0.1, 0.15) is 54.7 Å². The number of amides is 2. The van der Waals surface area contributed by atoms with Crippen molar-refractivity contribution >= 4 is 11.8 Å². The molecule has 0 unspecified atom stereocenters. The average molecular weight is 424 g/mol. The molecule has 2 heterocycles. The normalized spacial score (nSPS) is 21.8. The van der Waals surface area contributed by atoms with Gasteiger partial charge in [-0.25, -0.2) is 4.39 Å². The number of nitrogens with one attached hydrogen (secondary N) is 1. The van der Waals surface area contributed by atoms with Gasteiger partial charge in [-0.15, -0.1) is 0 Å². The summed E-state index contributed by atoms with van der Waals surface area (Å²) in [6.45, 7) is 3.21. The van der Waals surface area contributed by atoms with Crippen molar-refractivity contribution in [1.82, 2.24) is 15.2 Å². The van der Waals surface area contributed by atoms with Crippen LogP contribution in [0, 0.1) is 24.6 Å². The second kappa shape index (κ2) is 9.58. The van der Waals surface area contributed by atoms with Crippen LogP contribution in [0.3, 0.4) is 0 Å². The number of pyridine rings is 1. The first-order valence-electron chi connectivity index (χ1n) is 11.2. The number of rotatable bonds is 5. The molecule has 2 aliphatic rings. The zero-order valence-electron chi connectivity index (χ0n) is 18.0. The third-order valence-electron chi connectivity index (χ3n) is 6.68. The highest BCUT2D eigenvalue weighted by atomic mass is 19.1. The molecule has 164 valence electrons. The molecule has 1 saturated heterocycles. The van der Waals surface area contributed by atoms with Crippen molar-refractivity contribution in [3.63, 3.8) is 0 Å². The third kappa shape index (κ3) is 5.12. The van der Waals surface area contributed by atoms with Crippen LogP contribution in [0.15, 0.2) is 42.7 Å². The van der Waals surface area contributed by atoms with E-state index in [4.69, 9.17) is 0 Å².